The first kappa shape index (κ1) is 13.6. The minimum absolute atomic E-state index is 0.526. The fraction of sp³-hybridized carbons (Fsp3) is 0.312. The molecule has 1 heterocycles. The van der Waals surface area contributed by atoms with Crippen LogP contribution in [0.3, 0.4) is 0 Å². The number of ether oxygens (including phenoxy) is 1. The van der Waals surface area contributed by atoms with Crippen LogP contribution in [-0.2, 0) is 6.42 Å². The SMILES string of the molecule is CCc1cc(-c2ccc(C)nc2)ccc1OCNC. The lowest BCUT2D eigenvalue weighted by Crippen LogP contribution is -2.14. The van der Waals surface area contributed by atoms with Crippen molar-refractivity contribution in [2.24, 2.45) is 0 Å². The largest absolute Gasteiger partial charge is 0.478 e. The Bertz CT molecular complexity index is 535. The third kappa shape index (κ3) is 3.32. The summed E-state index contributed by atoms with van der Waals surface area (Å²) in [5.41, 5.74) is 4.57. The van der Waals surface area contributed by atoms with Crippen LogP contribution in [0, 0.1) is 6.92 Å². The van der Waals surface area contributed by atoms with Crippen LogP contribution in [0.1, 0.15) is 18.2 Å². The Morgan fingerprint density at radius 2 is 1.95 bits per heavy atom. The molecule has 0 saturated heterocycles. The second kappa shape index (κ2) is 6.34. The quantitative estimate of drug-likeness (QED) is 0.834. The predicted molar refractivity (Wildman–Crippen MR) is 78.3 cm³/mol. The van der Waals surface area contributed by atoms with Crippen molar-refractivity contribution in [2.45, 2.75) is 20.3 Å². The van der Waals surface area contributed by atoms with Gasteiger partial charge in [0.1, 0.15) is 12.5 Å². The van der Waals surface area contributed by atoms with Crippen LogP contribution in [0.15, 0.2) is 36.5 Å². The normalized spacial score (nSPS) is 10.5. The van der Waals surface area contributed by atoms with E-state index in [0.29, 0.717) is 6.73 Å². The summed E-state index contributed by atoms with van der Waals surface area (Å²) in [7, 11) is 1.87. The van der Waals surface area contributed by atoms with Gasteiger partial charge in [-0.1, -0.05) is 19.1 Å². The number of aryl methyl sites for hydroxylation is 2. The first-order valence-electron chi connectivity index (χ1n) is 6.58. The predicted octanol–water partition coefficient (Wildman–Crippen LogP) is 3.18. The number of benzene rings is 1. The molecule has 3 heteroatoms. The Labute approximate surface area is 114 Å². The van der Waals surface area contributed by atoms with E-state index in [1.807, 2.05) is 32.3 Å². The lowest BCUT2D eigenvalue weighted by Gasteiger charge is -2.12. The van der Waals surface area contributed by atoms with Gasteiger partial charge in [0.05, 0.1) is 0 Å². The highest BCUT2D eigenvalue weighted by molar-refractivity contribution is 5.65. The molecule has 0 amide bonds. The minimum atomic E-state index is 0.526. The van der Waals surface area contributed by atoms with Crippen LogP contribution in [-0.4, -0.2) is 18.8 Å². The van der Waals surface area contributed by atoms with Gasteiger partial charge in [0, 0.05) is 17.5 Å². The molecule has 0 radical (unpaired) electrons. The van der Waals surface area contributed by atoms with Gasteiger partial charge >= 0.3 is 0 Å². The Morgan fingerprint density at radius 3 is 2.58 bits per heavy atom. The highest BCUT2D eigenvalue weighted by Gasteiger charge is 2.05. The van der Waals surface area contributed by atoms with E-state index in [0.717, 1.165) is 23.4 Å². The van der Waals surface area contributed by atoms with E-state index in [2.05, 4.69) is 35.4 Å². The molecule has 0 aliphatic rings. The minimum Gasteiger partial charge on any atom is -0.478 e. The van der Waals surface area contributed by atoms with Crippen molar-refractivity contribution in [2.75, 3.05) is 13.8 Å². The fourth-order valence-corrected chi connectivity index (χ4v) is 1.96. The van der Waals surface area contributed by atoms with Crippen LogP contribution in [0.2, 0.25) is 0 Å². The Morgan fingerprint density at radius 1 is 1.16 bits per heavy atom. The number of nitrogens with zero attached hydrogens (tertiary/aromatic N) is 1. The van der Waals surface area contributed by atoms with Gasteiger partial charge in [-0.25, -0.2) is 0 Å². The highest BCUT2D eigenvalue weighted by atomic mass is 16.5. The van der Waals surface area contributed by atoms with Crippen molar-refractivity contribution in [3.8, 4) is 16.9 Å². The second-order valence-corrected chi connectivity index (χ2v) is 4.51. The number of nitrogens with one attached hydrogen (secondary N) is 1. The molecule has 1 aromatic heterocycles. The summed E-state index contributed by atoms with van der Waals surface area (Å²) in [5.74, 6) is 0.945. The molecule has 0 aliphatic carbocycles. The second-order valence-electron chi connectivity index (χ2n) is 4.51. The van der Waals surface area contributed by atoms with Crippen LogP contribution < -0.4 is 10.1 Å². The molecule has 0 atom stereocenters. The van der Waals surface area contributed by atoms with Crippen molar-refractivity contribution in [3.05, 3.63) is 47.8 Å². The molecule has 2 rings (SSSR count). The molecular weight excluding hydrogens is 236 g/mol. The molecule has 2 aromatic rings. The van der Waals surface area contributed by atoms with Gasteiger partial charge in [-0.3, -0.25) is 10.3 Å². The molecule has 19 heavy (non-hydrogen) atoms. The van der Waals surface area contributed by atoms with Crippen molar-refractivity contribution in [1.82, 2.24) is 10.3 Å². The average molecular weight is 256 g/mol. The summed E-state index contributed by atoms with van der Waals surface area (Å²) in [6.07, 6.45) is 2.87. The first-order valence-corrected chi connectivity index (χ1v) is 6.58. The molecule has 1 N–H and O–H groups in total. The summed E-state index contributed by atoms with van der Waals surface area (Å²) >= 11 is 0. The first-order chi connectivity index (χ1) is 9.24. The number of aromatic nitrogens is 1. The highest BCUT2D eigenvalue weighted by Crippen LogP contribution is 2.26. The number of hydrogen-bond donors (Lipinski definition) is 1. The van der Waals surface area contributed by atoms with Crippen molar-refractivity contribution in [3.63, 3.8) is 0 Å². The van der Waals surface area contributed by atoms with E-state index in [9.17, 15) is 0 Å². The van der Waals surface area contributed by atoms with Crippen molar-refractivity contribution >= 4 is 0 Å². The third-order valence-electron chi connectivity index (χ3n) is 3.06. The number of hydrogen-bond acceptors (Lipinski definition) is 3. The summed E-state index contributed by atoms with van der Waals surface area (Å²) in [4.78, 5) is 4.34. The van der Waals surface area contributed by atoms with E-state index in [1.165, 1.54) is 11.1 Å². The van der Waals surface area contributed by atoms with Gasteiger partial charge in [0.15, 0.2) is 0 Å². The zero-order valence-corrected chi connectivity index (χ0v) is 11.7. The lowest BCUT2D eigenvalue weighted by molar-refractivity contribution is 0.293. The molecule has 0 unspecified atom stereocenters. The van der Waals surface area contributed by atoms with E-state index in [4.69, 9.17) is 4.74 Å². The van der Waals surface area contributed by atoms with Gasteiger partial charge in [-0.05, 0) is 49.7 Å². The van der Waals surface area contributed by atoms with Crippen LogP contribution >= 0.6 is 0 Å². The molecule has 100 valence electrons. The fourth-order valence-electron chi connectivity index (χ4n) is 1.96. The van der Waals surface area contributed by atoms with E-state index in [-0.39, 0.29) is 0 Å². The van der Waals surface area contributed by atoms with Crippen LogP contribution in [0.4, 0.5) is 0 Å². The Kier molecular flexibility index (Phi) is 4.53. The standard InChI is InChI=1S/C16H20N2O/c1-4-13-9-14(7-8-16(13)19-11-17-3)15-6-5-12(2)18-10-15/h5-10,17H,4,11H2,1-3H3. The Balaban J connectivity index is 2.30. The van der Waals surface area contributed by atoms with Gasteiger partial charge < -0.3 is 4.74 Å². The molecule has 0 aliphatic heterocycles. The molecule has 1 aromatic carbocycles. The molecular formula is C16H20N2O. The average Bonchev–Trinajstić information content (AvgIpc) is 2.46. The zero-order valence-electron chi connectivity index (χ0n) is 11.7. The molecule has 3 nitrogen and oxygen atoms in total. The summed E-state index contributed by atoms with van der Waals surface area (Å²) < 4.78 is 5.66. The summed E-state index contributed by atoms with van der Waals surface area (Å²) in [6.45, 7) is 4.66. The Hall–Kier alpha value is -1.87. The molecule has 0 fully saturated rings. The van der Waals surface area contributed by atoms with E-state index >= 15 is 0 Å². The van der Waals surface area contributed by atoms with E-state index in [1.54, 1.807) is 0 Å². The third-order valence-corrected chi connectivity index (χ3v) is 3.06. The topological polar surface area (TPSA) is 34.1 Å². The summed E-state index contributed by atoms with van der Waals surface area (Å²) in [6, 6.07) is 10.4. The van der Waals surface area contributed by atoms with Crippen LogP contribution in [0.5, 0.6) is 5.75 Å². The zero-order chi connectivity index (χ0) is 13.7. The molecule has 0 bridgehead atoms. The van der Waals surface area contributed by atoms with Crippen molar-refractivity contribution < 1.29 is 4.74 Å². The van der Waals surface area contributed by atoms with Gasteiger partial charge in [-0.2, -0.15) is 0 Å². The van der Waals surface area contributed by atoms with Crippen molar-refractivity contribution in [1.29, 1.82) is 0 Å². The monoisotopic (exact) mass is 256 g/mol. The maximum atomic E-state index is 5.66. The maximum Gasteiger partial charge on any atom is 0.139 e. The molecule has 0 spiro atoms. The lowest BCUT2D eigenvalue weighted by atomic mass is 10.0. The van der Waals surface area contributed by atoms with Gasteiger partial charge in [0.25, 0.3) is 0 Å². The molecule has 0 saturated carbocycles. The maximum absolute atomic E-state index is 5.66. The van der Waals surface area contributed by atoms with Gasteiger partial charge in [-0.15, -0.1) is 0 Å². The van der Waals surface area contributed by atoms with E-state index < -0.39 is 0 Å². The smallest absolute Gasteiger partial charge is 0.139 e. The van der Waals surface area contributed by atoms with Crippen LogP contribution in [0.25, 0.3) is 11.1 Å². The number of rotatable bonds is 5. The van der Waals surface area contributed by atoms with Gasteiger partial charge in [0.2, 0.25) is 0 Å². The summed E-state index contributed by atoms with van der Waals surface area (Å²) in [5, 5.41) is 2.99. The number of pyridine rings is 1.